The first-order chi connectivity index (χ1) is 29.9. The van der Waals surface area contributed by atoms with E-state index in [-0.39, 0.29) is 50.6 Å². The molecule has 1 unspecified atom stereocenters. The number of nitrogens with zero attached hydrogens (tertiary/aromatic N) is 8. The number of rotatable bonds is 12. The summed E-state index contributed by atoms with van der Waals surface area (Å²) in [6.07, 6.45) is 1.12. The van der Waals surface area contributed by atoms with Gasteiger partial charge in [-0.15, -0.1) is 15.0 Å². The number of H-pyrrole nitrogens is 1. The molecule has 0 saturated carbocycles. The summed E-state index contributed by atoms with van der Waals surface area (Å²) in [6.45, 7) is 12.9. The maximum absolute atomic E-state index is 13.7. The maximum atomic E-state index is 13.7. The van der Waals surface area contributed by atoms with Gasteiger partial charge in [0.25, 0.3) is 21.3 Å². The average Bonchev–Trinajstić information content (AvgIpc) is 3.88. The van der Waals surface area contributed by atoms with Crippen molar-refractivity contribution in [2.24, 2.45) is 14.6 Å². The van der Waals surface area contributed by atoms with E-state index in [1.165, 1.54) is 59.2 Å². The Morgan fingerprint density at radius 1 is 0.938 bits per heavy atom. The van der Waals surface area contributed by atoms with Crippen LogP contribution in [0.3, 0.4) is 0 Å². The van der Waals surface area contributed by atoms with Crippen molar-refractivity contribution in [2.75, 3.05) is 11.0 Å². The first-order valence-electron chi connectivity index (χ1n) is 19.4. The summed E-state index contributed by atoms with van der Waals surface area (Å²) in [7, 11) is -7.61. The van der Waals surface area contributed by atoms with Crippen molar-refractivity contribution in [3.8, 4) is 22.8 Å². The number of ether oxygens (including phenoxy) is 1. The lowest BCUT2D eigenvalue weighted by atomic mass is 9.91. The van der Waals surface area contributed by atoms with Crippen molar-refractivity contribution >= 4 is 65.7 Å². The molecule has 334 valence electrons. The highest BCUT2D eigenvalue weighted by atomic mass is 35.5. The topological polar surface area (TPSA) is 254 Å². The second-order valence-corrected chi connectivity index (χ2v) is 20.7. The van der Waals surface area contributed by atoms with Gasteiger partial charge in [0, 0.05) is 34.4 Å². The quantitative estimate of drug-likeness (QED) is 0.0590. The monoisotopic (exact) mass is 930 g/mol. The number of nitrogens with one attached hydrogen (secondary N) is 2. The van der Waals surface area contributed by atoms with Gasteiger partial charge in [-0.25, -0.2) is 17.6 Å². The van der Waals surface area contributed by atoms with E-state index >= 15 is 0 Å². The van der Waals surface area contributed by atoms with Crippen LogP contribution in [0.5, 0.6) is 5.75 Å². The normalized spacial score (nSPS) is 13.3. The van der Waals surface area contributed by atoms with E-state index in [0.717, 1.165) is 11.0 Å². The number of nitro groups is 1. The van der Waals surface area contributed by atoms with E-state index < -0.39 is 41.3 Å². The fourth-order valence-corrected chi connectivity index (χ4v) is 8.60. The maximum Gasteiger partial charge on any atom is 0.296 e. The first kappa shape index (κ1) is 45.3. The molecule has 3 N–H and O–H groups in total. The van der Waals surface area contributed by atoms with Crippen LogP contribution < -0.4 is 15.0 Å². The molecule has 7 aromatic rings. The number of aryl methyl sites for hydroxylation is 1. The minimum atomic E-state index is -4.28. The van der Waals surface area contributed by atoms with Crippen molar-refractivity contribution < 1.29 is 31.4 Å². The molecule has 3 heterocycles. The summed E-state index contributed by atoms with van der Waals surface area (Å²) < 4.78 is 69.3. The van der Waals surface area contributed by atoms with Crippen molar-refractivity contribution in [1.82, 2.24) is 24.6 Å². The standard InChI is InChI=1S/C42H43ClN10O9S2/c1-24-9-20-32(33(21-24)53(55)56)51-40(54)30(37(62-51)42(5,6)7)23-61-29-17-14-27(15-18-29)50-64(59,60)34-22-28(16-19-31(34)43)45-46-35-36(41(2,3)4)47-52-39(35)44-38(48-52)25-10-12-26(13-11-25)49-63(8,57)58/h9-22,47,50H,23H2,1-8H3,(H,49,57,58). The number of sulfonamides is 1. The minimum absolute atomic E-state index is 0.0187. The molecule has 0 amide bonds. The number of halogens is 1. The molecular weight excluding hydrogens is 888 g/mol. The van der Waals surface area contributed by atoms with Crippen LogP contribution in [0, 0.1) is 17.0 Å². The van der Waals surface area contributed by atoms with Gasteiger partial charge in [0.15, 0.2) is 33.0 Å². The third kappa shape index (κ3) is 9.76. The molecule has 3 aromatic heterocycles. The van der Waals surface area contributed by atoms with Crippen LogP contribution in [0.4, 0.5) is 28.4 Å². The molecule has 0 spiro atoms. The summed E-state index contributed by atoms with van der Waals surface area (Å²) in [5.41, 5.74) is 1.42. The van der Waals surface area contributed by atoms with Gasteiger partial charge in [0.2, 0.25) is 5.65 Å². The second-order valence-electron chi connectivity index (χ2n) is 16.9. The molecule has 0 radical (unpaired) electrons. The lowest BCUT2D eigenvalue weighted by Gasteiger charge is -2.16. The van der Waals surface area contributed by atoms with Crippen LogP contribution in [0.2, 0.25) is 5.02 Å². The molecule has 0 aliphatic heterocycles. The predicted molar refractivity (Wildman–Crippen MR) is 242 cm³/mol. The highest BCUT2D eigenvalue weighted by molar-refractivity contribution is 7.92. The van der Waals surface area contributed by atoms with Crippen LogP contribution >= 0.6 is 11.6 Å². The number of anilines is 1. The molecule has 1 atom stereocenters. The third-order valence-electron chi connectivity index (χ3n) is 9.51. The van der Waals surface area contributed by atoms with Gasteiger partial charge in [0.1, 0.15) is 17.3 Å². The Labute approximate surface area is 372 Å². The molecular formula is C42H43ClN10O9S2. The second kappa shape index (κ2) is 16.8. The van der Waals surface area contributed by atoms with Crippen LogP contribution in [0.25, 0.3) is 22.7 Å². The summed E-state index contributed by atoms with van der Waals surface area (Å²) >= 11 is 6.43. The first-order valence-corrected chi connectivity index (χ1v) is 23.1. The zero-order valence-electron chi connectivity index (χ0n) is 35.8. The number of hydrogen-bond acceptors (Lipinski definition) is 13. The molecule has 64 heavy (non-hydrogen) atoms. The number of fused-ring (bicyclic) bond motifs is 1. The summed E-state index contributed by atoms with van der Waals surface area (Å²) in [4.78, 5) is 29.3. The van der Waals surface area contributed by atoms with Crippen molar-refractivity contribution in [2.45, 2.75) is 70.8 Å². The number of aromatic nitrogens is 5. The van der Waals surface area contributed by atoms with Crippen molar-refractivity contribution in [3.63, 3.8) is 0 Å². The Morgan fingerprint density at radius 2 is 1.61 bits per heavy atom. The van der Waals surface area contributed by atoms with Crippen LogP contribution in [-0.2, 0) is 37.5 Å². The fraction of sp³-hybridized carbons (Fsp3) is 0.262. The molecule has 0 fully saturated rings. The molecule has 0 bridgehead atoms. The predicted octanol–water partition coefficient (Wildman–Crippen LogP) is 9.93. The summed E-state index contributed by atoms with van der Waals surface area (Å²) in [5.74, 6) is 0.920. The highest BCUT2D eigenvalue weighted by Crippen LogP contribution is 2.37. The zero-order chi connectivity index (χ0) is 46.5. The lowest BCUT2D eigenvalue weighted by Crippen LogP contribution is -2.20. The van der Waals surface area contributed by atoms with Crippen molar-refractivity contribution in [3.05, 3.63) is 133 Å². The van der Waals surface area contributed by atoms with E-state index in [4.69, 9.17) is 20.9 Å². The third-order valence-corrected chi connectivity index (χ3v) is 11.9. The van der Waals surface area contributed by atoms with Gasteiger partial charge in [0.05, 0.1) is 32.6 Å². The zero-order valence-corrected chi connectivity index (χ0v) is 38.2. The fourth-order valence-electron chi connectivity index (χ4n) is 6.51. The Bertz CT molecular complexity index is 3270. The SMILES string of the molecule is Cc1ccc(-n2oc(C(C)(C)C)c(COc3ccc(NS(=O)(=O)c4cc(N=Nc5c(C(C)(C)C)[nH]n6nc(-c7ccc(N=S(C)(=O)O)cc7)nc56)ccc4Cl)cc3)c2=O)c([N+](=O)[O-])c1. The van der Waals surface area contributed by atoms with Crippen molar-refractivity contribution in [1.29, 1.82) is 0 Å². The van der Waals surface area contributed by atoms with Gasteiger partial charge in [-0.05, 0) is 85.3 Å². The highest BCUT2D eigenvalue weighted by Gasteiger charge is 2.31. The molecule has 7 rings (SSSR count). The van der Waals surface area contributed by atoms with Crippen LogP contribution in [0.15, 0.2) is 114 Å². The van der Waals surface area contributed by atoms with Gasteiger partial charge in [-0.3, -0.25) is 24.7 Å². The molecule has 22 heteroatoms. The molecule has 0 aliphatic rings. The largest absolute Gasteiger partial charge is 0.489 e. The van der Waals surface area contributed by atoms with Crippen LogP contribution in [0.1, 0.15) is 64.1 Å². The average molecular weight is 931 g/mol. The summed E-state index contributed by atoms with van der Waals surface area (Å²) in [5, 5.41) is 28.4. The number of nitro benzene ring substituents is 1. The van der Waals surface area contributed by atoms with Gasteiger partial charge < -0.3 is 13.8 Å². The van der Waals surface area contributed by atoms with E-state index in [9.17, 15) is 32.1 Å². The number of aromatic amines is 1. The Kier molecular flexibility index (Phi) is 11.9. The number of azo groups is 1. The van der Waals surface area contributed by atoms with Gasteiger partial charge in [-0.2, -0.15) is 14.1 Å². The summed E-state index contributed by atoms with van der Waals surface area (Å²) in [6, 6.07) is 21.1. The molecule has 0 aliphatic carbocycles. The van der Waals surface area contributed by atoms with E-state index in [1.54, 1.807) is 37.3 Å². The Morgan fingerprint density at radius 3 is 2.23 bits per heavy atom. The lowest BCUT2D eigenvalue weighted by molar-refractivity contribution is -0.384. The van der Waals surface area contributed by atoms with E-state index in [1.807, 2.05) is 41.5 Å². The molecule has 0 saturated heterocycles. The smallest absolute Gasteiger partial charge is 0.296 e. The minimum Gasteiger partial charge on any atom is -0.489 e. The van der Waals surface area contributed by atoms with Crippen LogP contribution in [-0.4, -0.2) is 52.9 Å². The Hall–Kier alpha value is -6.68. The van der Waals surface area contributed by atoms with Gasteiger partial charge >= 0.3 is 0 Å². The van der Waals surface area contributed by atoms with E-state index in [0.29, 0.717) is 45.4 Å². The number of hydrogen-bond donors (Lipinski definition) is 3. The Balaban J connectivity index is 1.10. The van der Waals surface area contributed by atoms with E-state index in [2.05, 4.69) is 34.5 Å². The molecule has 4 aromatic carbocycles. The van der Waals surface area contributed by atoms with Gasteiger partial charge in [-0.1, -0.05) is 59.2 Å². The number of benzene rings is 4. The molecule has 19 nitrogen and oxygen atoms in total.